The number of hydrogen-bond donors (Lipinski definition) is 0. The van der Waals surface area contributed by atoms with Crippen molar-refractivity contribution in [1.82, 2.24) is 19.5 Å². The molecule has 11 rings (SSSR count). The molecular weight excluding hydrogens is 685 g/mol. The summed E-state index contributed by atoms with van der Waals surface area (Å²) in [5.74, 6) is 1.82. The minimum absolute atomic E-state index is 0.587. The van der Waals surface area contributed by atoms with Crippen LogP contribution in [-0.2, 0) is 0 Å². The van der Waals surface area contributed by atoms with Crippen molar-refractivity contribution in [1.29, 1.82) is 0 Å². The molecule has 11 aromatic rings. The maximum absolute atomic E-state index is 6.67. The van der Waals surface area contributed by atoms with Gasteiger partial charge in [-0.25, -0.2) is 15.0 Å². The first-order chi connectivity index (χ1) is 27.7. The van der Waals surface area contributed by atoms with Gasteiger partial charge in [0.15, 0.2) is 17.5 Å². The van der Waals surface area contributed by atoms with Crippen molar-refractivity contribution in [3.05, 3.63) is 194 Å². The molecule has 0 fully saturated rings. The van der Waals surface area contributed by atoms with Crippen molar-refractivity contribution < 1.29 is 4.42 Å². The maximum Gasteiger partial charge on any atom is 0.164 e. The van der Waals surface area contributed by atoms with Crippen LogP contribution in [0.4, 0.5) is 0 Å². The molecule has 262 valence electrons. The van der Waals surface area contributed by atoms with E-state index in [1.54, 1.807) is 0 Å². The standard InChI is InChI=1S/C51H32N4O/c1-4-13-33(14-5-1)35-23-25-37(26-24-35)50-52-49(36-17-8-3-9-18-36)53-51(54-50)39-27-28-42-44-31-46-43(32-48(44)56-47(42)30-39)41-21-10-11-22-45(41)55(46)40-20-12-19-38(29-40)34-15-6-2-7-16-34/h1-32H. The van der Waals surface area contributed by atoms with Gasteiger partial charge in [0, 0.05) is 43.9 Å². The van der Waals surface area contributed by atoms with Gasteiger partial charge in [-0.05, 0) is 64.7 Å². The van der Waals surface area contributed by atoms with E-state index in [0.29, 0.717) is 17.5 Å². The number of rotatable bonds is 6. The van der Waals surface area contributed by atoms with Crippen molar-refractivity contribution in [3.63, 3.8) is 0 Å². The molecule has 56 heavy (non-hydrogen) atoms. The molecule has 0 radical (unpaired) electrons. The van der Waals surface area contributed by atoms with E-state index in [9.17, 15) is 0 Å². The fourth-order valence-corrected chi connectivity index (χ4v) is 7.90. The Balaban J connectivity index is 1.04. The third-order valence-electron chi connectivity index (χ3n) is 10.7. The fraction of sp³-hybridized carbons (Fsp3) is 0. The van der Waals surface area contributed by atoms with Crippen LogP contribution in [0.1, 0.15) is 0 Å². The van der Waals surface area contributed by atoms with Crippen LogP contribution in [0.5, 0.6) is 0 Å². The topological polar surface area (TPSA) is 56.7 Å². The highest BCUT2D eigenvalue weighted by Crippen LogP contribution is 2.40. The molecule has 0 saturated heterocycles. The number of aromatic nitrogens is 4. The first-order valence-electron chi connectivity index (χ1n) is 18.8. The Morgan fingerprint density at radius 1 is 0.304 bits per heavy atom. The van der Waals surface area contributed by atoms with Gasteiger partial charge in [0.2, 0.25) is 0 Å². The zero-order valence-electron chi connectivity index (χ0n) is 30.2. The summed E-state index contributed by atoms with van der Waals surface area (Å²) in [4.78, 5) is 15.0. The molecule has 8 aromatic carbocycles. The van der Waals surface area contributed by atoms with E-state index in [4.69, 9.17) is 19.4 Å². The van der Waals surface area contributed by atoms with Crippen LogP contribution in [0.25, 0.3) is 106 Å². The van der Waals surface area contributed by atoms with Crippen molar-refractivity contribution in [2.75, 3.05) is 0 Å². The monoisotopic (exact) mass is 716 g/mol. The molecule has 0 spiro atoms. The van der Waals surface area contributed by atoms with Gasteiger partial charge < -0.3 is 8.98 Å². The van der Waals surface area contributed by atoms with Crippen LogP contribution in [0.3, 0.4) is 0 Å². The Bertz CT molecular complexity index is 3220. The Kier molecular flexibility index (Phi) is 7.42. The van der Waals surface area contributed by atoms with E-state index >= 15 is 0 Å². The van der Waals surface area contributed by atoms with E-state index in [1.807, 2.05) is 36.4 Å². The summed E-state index contributed by atoms with van der Waals surface area (Å²) in [6.07, 6.45) is 0. The van der Waals surface area contributed by atoms with Crippen LogP contribution in [0.15, 0.2) is 199 Å². The SMILES string of the molecule is c1ccc(-c2ccc(-c3nc(-c4ccccc4)nc(-c4ccc5c(c4)oc4cc6c7ccccc7n(-c7cccc(-c8ccccc8)c7)c6cc45)n3)cc2)cc1. The molecule has 0 aliphatic carbocycles. The summed E-state index contributed by atoms with van der Waals surface area (Å²) in [7, 11) is 0. The summed E-state index contributed by atoms with van der Waals surface area (Å²) < 4.78 is 9.04. The molecule has 3 heterocycles. The van der Waals surface area contributed by atoms with E-state index < -0.39 is 0 Å². The van der Waals surface area contributed by atoms with Crippen LogP contribution >= 0.6 is 0 Å². The van der Waals surface area contributed by atoms with Gasteiger partial charge >= 0.3 is 0 Å². The van der Waals surface area contributed by atoms with Gasteiger partial charge in [0.25, 0.3) is 0 Å². The number of benzene rings is 8. The third kappa shape index (κ3) is 5.45. The highest BCUT2D eigenvalue weighted by atomic mass is 16.3. The number of hydrogen-bond acceptors (Lipinski definition) is 4. The summed E-state index contributed by atoms with van der Waals surface area (Å²) in [6.45, 7) is 0. The van der Waals surface area contributed by atoms with Crippen LogP contribution in [0, 0.1) is 0 Å². The van der Waals surface area contributed by atoms with Gasteiger partial charge in [-0.15, -0.1) is 0 Å². The molecule has 0 amide bonds. The molecule has 0 aliphatic heterocycles. The van der Waals surface area contributed by atoms with Gasteiger partial charge in [-0.1, -0.05) is 152 Å². The number of furan rings is 1. The molecule has 0 unspecified atom stereocenters. The number of nitrogens with zero attached hydrogens (tertiary/aromatic N) is 4. The molecule has 5 nitrogen and oxygen atoms in total. The van der Waals surface area contributed by atoms with E-state index in [2.05, 4.69) is 162 Å². The van der Waals surface area contributed by atoms with E-state index in [1.165, 1.54) is 22.1 Å². The van der Waals surface area contributed by atoms with Crippen molar-refractivity contribution in [3.8, 4) is 62.1 Å². The summed E-state index contributed by atoms with van der Waals surface area (Å²) in [5, 5.41) is 4.42. The van der Waals surface area contributed by atoms with Crippen LogP contribution in [-0.4, -0.2) is 19.5 Å². The molecular formula is C51H32N4O. The predicted molar refractivity (Wildman–Crippen MR) is 229 cm³/mol. The average Bonchev–Trinajstić information content (AvgIpc) is 3.80. The van der Waals surface area contributed by atoms with Crippen LogP contribution in [0.2, 0.25) is 0 Å². The molecule has 0 saturated carbocycles. The molecule has 3 aromatic heterocycles. The van der Waals surface area contributed by atoms with E-state index in [0.717, 1.165) is 66.3 Å². The first kappa shape index (κ1) is 31.9. The van der Waals surface area contributed by atoms with Crippen molar-refractivity contribution in [2.45, 2.75) is 0 Å². The normalized spacial score (nSPS) is 11.6. The first-order valence-corrected chi connectivity index (χ1v) is 18.8. The smallest absolute Gasteiger partial charge is 0.164 e. The zero-order chi connectivity index (χ0) is 37.0. The Labute approximate surface area is 322 Å². The molecule has 0 bridgehead atoms. The second-order valence-corrected chi connectivity index (χ2v) is 14.1. The third-order valence-corrected chi connectivity index (χ3v) is 10.7. The number of para-hydroxylation sites is 1. The van der Waals surface area contributed by atoms with Gasteiger partial charge in [-0.3, -0.25) is 0 Å². The lowest BCUT2D eigenvalue weighted by Crippen LogP contribution is -2.00. The Morgan fingerprint density at radius 3 is 1.54 bits per heavy atom. The second-order valence-electron chi connectivity index (χ2n) is 14.1. The predicted octanol–water partition coefficient (Wildman–Crippen LogP) is 13.2. The fourth-order valence-electron chi connectivity index (χ4n) is 7.90. The molecule has 0 atom stereocenters. The average molecular weight is 717 g/mol. The van der Waals surface area contributed by atoms with Crippen LogP contribution < -0.4 is 0 Å². The van der Waals surface area contributed by atoms with Crippen molar-refractivity contribution >= 4 is 43.7 Å². The summed E-state index contributed by atoms with van der Waals surface area (Å²) >= 11 is 0. The molecule has 5 heteroatoms. The molecule has 0 aliphatic rings. The maximum atomic E-state index is 6.67. The largest absolute Gasteiger partial charge is 0.456 e. The lowest BCUT2D eigenvalue weighted by molar-refractivity contribution is 0.669. The van der Waals surface area contributed by atoms with Crippen molar-refractivity contribution in [2.24, 2.45) is 0 Å². The summed E-state index contributed by atoms with van der Waals surface area (Å²) in [6, 6.07) is 67.5. The van der Waals surface area contributed by atoms with Gasteiger partial charge in [0.05, 0.1) is 11.0 Å². The minimum Gasteiger partial charge on any atom is -0.456 e. The lowest BCUT2D eigenvalue weighted by Gasteiger charge is -2.10. The Hall–Kier alpha value is -7.63. The highest BCUT2D eigenvalue weighted by Gasteiger charge is 2.19. The van der Waals surface area contributed by atoms with Gasteiger partial charge in [0.1, 0.15) is 11.2 Å². The van der Waals surface area contributed by atoms with E-state index in [-0.39, 0.29) is 0 Å². The Morgan fingerprint density at radius 2 is 0.821 bits per heavy atom. The minimum atomic E-state index is 0.587. The molecule has 0 N–H and O–H groups in total. The summed E-state index contributed by atoms with van der Waals surface area (Å²) in [5.41, 5.74) is 12.4. The zero-order valence-corrected chi connectivity index (χ0v) is 30.2. The van der Waals surface area contributed by atoms with Gasteiger partial charge in [-0.2, -0.15) is 0 Å². The highest BCUT2D eigenvalue weighted by molar-refractivity contribution is 6.17. The second kappa shape index (κ2) is 13.0. The quantitative estimate of drug-likeness (QED) is 0.172. The number of fused-ring (bicyclic) bond motifs is 6. The lowest BCUT2D eigenvalue weighted by atomic mass is 10.0.